The number of imidazole rings is 2. The number of nitrogens with two attached hydrogens (primary N) is 2. The van der Waals surface area contributed by atoms with Gasteiger partial charge in [-0.1, -0.05) is 0 Å². The number of thioether (sulfide) groups is 1. The zero-order valence-corrected chi connectivity index (χ0v) is 26.2. The van der Waals surface area contributed by atoms with Crippen LogP contribution in [0.3, 0.4) is 0 Å². The van der Waals surface area contributed by atoms with Crippen LogP contribution in [0.25, 0.3) is 22.3 Å². The van der Waals surface area contributed by atoms with Crippen molar-refractivity contribution in [1.82, 2.24) is 39.0 Å². The van der Waals surface area contributed by atoms with Crippen molar-refractivity contribution in [3.63, 3.8) is 0 Å². The summed E-state index contributed by atoms with van der Waals surface area (Å²) in [5.41, 5.74) is 12.0. The lowest BCUT2D eigenvalue weighted by atomic mass is 9.54. The lowest BCUT2D eigenvalue weighted by Gasteiger charge is -2.58. The van der Waals surface area contributed by atoms with Crippen LogP contribution >= 0.6 is 27.8 Å². The molecule has 3 aliphatic carbocycles. The van der Waals surface area contributed by atoms with Gasteiger partial charge in [-0.3, -0.25) is 28.0 Å². The van der Waals surface area contributed by atoms with Crippen LogP contribution in [0.15, 0.2) is 23.8 Å². The molecule has 246 valence electrons. The van der Waals surface area contributed by atoms with Crippen LogP contribution in [0.4, 0.5) is 11.8 Å². The number of rotatable bonds is 2. The number of nitrogen functional groups attached to an aromatic ring is 2. The maximum Gasteiger partial charge on any atom is 0.472 e. The summed E-state index contributed by atoms with van der Waals surface area (Å²) in [7, 11) is -8.16. The molecule has 20 nitrogen and oxygen atoms in total. The number of aliphatic hydroxyl groups is 2. The first-order valence-electron chi connectivity index (χ1n) is 14.2. The number of phosphoric ester groups is 1. The Hall–Kier alpha value is -2.97. The topological polar surface area (TPSA) is 291 Å². The molecule has 2 aliphatic heterocycles. The van der Waals surface area contributed by atoms with Gasteiger partial charge in [0.25, 0.3) is 5.56 Å². The third-order valence-corrected chi connectivity index (χ3v) is 12.6. The summed E-state index contributed by atoms with van der Waals surface area (Å²) in [4.78, 5) is 46.5. The highest BCUT2D eigenvalue weighted by Gasteiger charge is 2.61. The van der Waals surface area contributed by atoms with E-state index in [1.54, 1.807) is 10.9 Å². The van der Waals surface area contributed by atoms with Crippen LogP contribution in [0, 0.1) is 17.8 Å². The van der Waals surface area contributed by atoms with E-state index in [2.05, 4.69) is 29.9 Å². The summed E-state index contributed by atoms with van der Waals surface area (Å²) in [5, 5.41) is 20.8. The monoisotopic (exact) mass is 698 g/mol. The van der Waals surface area contributed by atoms with E-state index in [1.165, 1.54) is 17.2 Å². The standard InChI is InChI=1S/C23H28N10O10P2S/c24-18-11-19(27-4-26-18)32(5-28-11)13-7-1-8(13)14(34)16-9(7)2-41-45(38,39)43-17-15(35)10(3-40-44(37)42-16)46-22(17)33-6-29-12-20(33)30-23(25)31-21(12)36/h4-10,13-17,22,34-35,44H,1-3H2,(H,38,39)(H2,24,26,27)(H3,25,30,31,36)/t7?,8-,9+,10-,13-,14+,15-,16-,17-,22-/m1/s1. The lowest BCUT2D eigenvalue weighted by Crippen LogP contribution is -2.62. The van der Waals surface area contributed by atoms with Gasteiger partial charge in [-0.2, -0.15) is 4.98 Å². The summed E-state index contributed by atoms with van der Waals surface area (Å²) >= 11 is 1.06. The van der Waals surface area contributed by atoms with Gasteiger partial charge >= 0.3 is 16.1 Å². The van der Waals surface area contributed by atoms with Gasteiger partial charge in [0.05, 0.1) is 49.4 Å². The Kier molecular flexibility index (Phi) is 7.29. The van der Waals surface area contributed by atoms with Crippen LogP contribution in [0.2, 0.25) is 0 Å². The number of hydrogen-bond acceptors (Lipinski definition) is 17. The largest absolute Gasteiger partial charge is 0.472 e. The molecule has 4 aromatic rings. The van der Waals surface area contributed by atoms with Gasteiger partial charge in [-0.25, -0.2) is 24.5 Å². The molecule has 46 heavy (non-hydrogen) atoms. The molecule has 12 atom stereocenters. The highest BCUT2D eigenvalue weighted by atomic mass is 32.2. The average Bonchev–Trinajstić information content (AvgIpc) is 3.68. The average molecular weight is 699 g/mol. The minimum Gasteiger partial charge on any atom is -0.390 e. The molecule has 5 fully saturated rings. The maximum absolute atomic E-state index is 13.5. The number of aromatic amines is 1. The quantitative estimate of drug-likeness (QED) is 0.145. The Morgan fingerprint density at radius 1 is 1.00 bits per heavy atom. The molecular weight excluding hydrogens is 670 g/mol. The molecule has 3 saturated carbocycles. The number of H-pyrrole nitrogens is 1. The van der Waals surface area contributed by atoms with Gasteiger partial charge in [-0.05, 0) is 12.3 Å². The normalized spacial score (nSPS) is 39.7. The fourth-order valence-electron chi connectivity index (χ4n) is 7.08. The number of nitrogens with one attached hydrogen (secondary N) is 1. The Labute approximate surface area is 262 Å². The third kappa shape index (κ3) is 4.80. The number of nitrogens with zero attached hydrogens (tertiary/aromatic N) is 7. The van der Waals surface area contributed by atoms with Crippen LogP contribution < -0.4 is 17.0 Å². The second-order valence-corrected chi connectivity index (χ2v) is 15.4. The number of aromatic nitrogens is 8. The number of aliphatic hydroxyl groups excluding tert-OH is 2. The van der Waals surface area contributed by atoms with E-state index in [0.29, 0.717) is 17.6 Å². The predicted molar refractivity (Wildman–Crippen MR) is 159 cm³/mol. The molecule has 6 heterocycles. The van der Waals surface area contributed by atoms with Gasteiger partial charge < -0.3 is 40.2 Å². The molecule has 9 rings (SSSR count). The molecule has 4 aromatic heterocycles. The van der Waals surface area contributed by atoms with E-state index < -0.39 is 69.2 Å². The van der Waals surface area contributed by atoms with Crippen LogP contribution in [0.1, 0.15) is 17.8 Å². The molecule has 0 radical (unpaired) electrons. The molecule has 4 bridgehead atoms. The molecule has 0 spiro atoms. The van der Waals surface area contributed by atoms with E-state index in [9.17, 15) is 29.0 Å². The molecule has 0 aromatic carbocycles. The van der Waals surface area contributed by atoms with Crippen molar-refractivity contribution in [2.45, 2.75) is 47.5 Å². The fraction of sp³-hybridized carbons (Fsp3) is 0.565. The summed E-state index contributed by atoms with van der Waals surface area (Å²) in [6.45, 7) is -0.738. The van der Waals surface area contributed by atoms with Gasteiger partial charge in [0.15, 0.2) is 22.6 Å². The van der Waals surface area contributed by atoms with E-state index in [1.807, 2.05) is 0 Å². The molecule has 8 N–H and O–H groups in total. The highest BCUT2D eigenvalue weighted by Crippen LogP contribution is 2.61. The zero-order chi connectivity index (χ0) is 32.1. The first-order chi connectivity index (χ1) is 22.0. The molecule has 3 unspecified atom stereocenters. The molecule has 23 heteroatoms. The second-order valence-electron chi connectivity index (χ2n) is 11.6. The summed E-state index contributed by atoms with van der Waals surface area (Å²) in [6.07, 6.45) is -0.407. The summed E-state index contributed by atoms with van der Waals surface area (Å²) < 4.78 is 52.2. The first-order valence-corrected chi connectivity index (χ1v) is 17.8. The molecular formula is C23H28N10O10P2S. The second kappa shape index (κ2) is 11.0. The maximum atomic E-state index is 13.5. The Balaban J connectivity index is 1.11. The number of phosphoric acid groups is 1. The van der Waals surface area contributed by atoms with Crippen molar-refractivity contribution in [1.29, 1.82) is 0 Å². The van der Waals surface area contributed by atoms with Gasteiger partial charge in [-0.15, -0.1) is 11.8 Å². The minimum atomic E-state index is -4.91. The van der Waals surface area contributed by atoms with Crippen LogP contribution in [0.5, 0.6) is 0 Å². The van der Waals surface area contributed by atoms with Gasteiger partial charge in [0.2, 0.25) is 5.95 Å². The van der Waals surface area contributed by atoms with Crippen molar-refractivity contribution in [2.24, 2.45) is 17.8 Å². The van der Waals surface area contributed by atoms with Gasteiger partial charge in [0, 0.05) is 17.9 Å². The van der Waals surface area contributed by atoms with Crippen molar-refractivity contribution in [3.05, 3.63) is 29.3 Å². The molecule has 5 aliphatic rings. The third-order valence-electron chi connectivity index (χ3n) is 9.20. The van der Waals surface area contributed by atoms with Crippen molar-refractivity contribution >= 4 is 61.9 Å². The first kappa shape index (κ1) is 30.4. The van der Waals surface area contributed by atoms with E-state index in [0.717, 1.165) is 11.8 Å². The lowest BCUT2D eigenvalue weighted by molar-refractivity contribution is -0.183. The minimum absolute atomic E-state index is 0.0471. The molecule has 0 amide bonds. The number of hydrogen-bond donors (Lipinski definition) is 6. The Morgan fingerprint density at radius 3 is 2.61 bits per heavy atom. The SMILES string of the molecule is Nc1nc2c(ncn2[C@@H]2S[C@@H]3CO[PH](=O)O[C@H]4[C@@H](O)[C@@H]5CC([C@H]5n5cnc6c(N)ncnc65)[C@@H]4COP(=O)(O)O[C@@H]2[C@@H]3O)c(=O)[nH]1. The Bertz CT molecular complexity index is 1980. The summed E-state index contributed by atoms with van der Waals surface area (Å²) in [5.74, 6) is -1.37. The van der Waals surface area contributed by atoms with E-state index in [4.69, 9.17) is 29.6 Å². The van der Waals surface area contributed by atoms with E-state index in [-0.39, 0.29) is 47.4 Å². The van der Waals surface area contributed by atoms with E-state index >= 15 is 0 Å². The zero-order valence-electron chi connectivity index (χ0n) is 23.5. The molecule has 2 saturated heterocycles. The number of fused-ring (bicyclic) bond motifs is 4. The van der Waals surface area contributed by atoms with Crippen molar-refractivity contribution in [2.75, 3.05) is 24.7 Å². The Morgan fingerprint density at radius 2 is 1.78 bits per heavy atom. The highest BCUT2D eigenvalue weighted by molar-refractivity contribution is 8.00. The fourth-order valence-corrected chi connectivity index (χ4v) is 10.7. The van der Waals surface area contributed by atoms with Crippen LogP contribution in [-0.4, -0.2) is 97.0 Å². The van der Waals surface area contributed by atoms with Crippen molar-refractivity contribution < 1.29 is 42.3 Å². The number of anilines is 2. The summed E-state index contributed by atoms with van der Waals surface area (Å²) in [6, 6.07) is -0.364. The van der Waals surface area contributed by atoms with Crippen molar-refractivity contribution in [3.8, 4) is 0 Å². The van der Waals surface area contributed by atoms with Gasteiger partial charge in [0.1, 0.15) is 23.3 Å². The predicted octanol–water partition coefficient (Wildman–Crippen LogP) is -0.426. The van der Waals surface area contributed by atoms with Crippen LogP contribution in [-0.2, 0) is 27.2 Å². The smallest absolute Gasteiger partial charge is 0.390 e.